The second kappa shape index (κ2) is 12.6. The van der Waals surface area contributed by atoms with Gasteiger partial charge in [0.25, 0.3) is 0 Å². The number of hydrogen-bond acceptors (Lipinski definition) is 3. The molecule has 1 aliphatic rings. The van der Waals surface area contributed by atoms with Crippen LogP contribution in [0.25, 0.3) is 11.1 Å². The first-order chi connectivity index (χ1) is 20.6. The first-order valence-corrected chi connectivity index (χ1v) is 16.7. The van der Waals surface area contributed by atoms with E-state index in [1.54, 1.807) is 6.08 Å². The van der Waals surface area contributed by atoms with E-state index in [0.29, 0.717) is 17.9 Å². The van der Waals surface area contributed by atoms with E-state index in [9.17, 15) is 4.79 Å². The summed E-state index contributed by atoms with van der Waals surface area (Å²) in [5, 5.41) is 0. The van der Waals surface area contributed by atoms with E-state index in [2.05, 4.69) is 59.5 Å². The molecule has 5 aromatic carbocycles. The van der Waals surface area contributed by atoms with Gasteiger partial charge < -0.3 is 9.46 Å². The van der Waals surface area contributed by atoms with Crippen molar-refractivity contribution in [3.8, 4) is 11.1 Å². The molecule has 0 N–H and O–H groups in total. The van der Waals surface area contributed by atoms with Crippen LogP contribution in [0.15, 0.2) is 152 Å². The van der Waals surface area contributed by atoms with Crippen molar-refractivity contribution in [2.45, 2.75) is 18.6 Å². The fraction of sp³-hybridized carbons (Fsp3) is 0.132. The van der Waals surface area contributed by atoms with Crippen LogP contribution in [0.3, 0.4) is 0 Å². The Bertz CT molecular complexity index is 1680. The normalized spacial score (nSPS) is 14.4. The second-order valence-corrected chi connectivity index (χ2v) is 14.1. The fourth-order valence-electron chi connectivity index (χ4n) is 5.95. The van der Waals surface area contributed by atoms with Gasteiger partial charge in [-0.2, -0.15) is 0 Å². The molecule has 4 heteroatoms. The highest BCUT2D eigenvalue weighted by molar-refractivity contribution is 7.64. The molecule has 0 saturated heterocycles. The van der Waals surface area contributed by atoms with Crippen molar-refractivity contribution < 1.29 is 9.36 Å². The molecule has 42 heavy (non-hydrogen) atoms. The van der Waals surface area contributed by atoms with Crippen molar-refractivity contribution in [3.63, 3.8) is 0 Å². The lowest BCUT2D eigenvalue weighted by Gasteiger charge is -2.42. The van der Waals surface area contributed by atoms with Crippen molar-refractivity contribution in [2.75, 3.05) is 17.2 Å². The Balaban J connectivity index is 1.46. The molecule has 5 aromatic rings. The number of hydrogen-bond donors (Lipinski definition) is 0. The number of carbonyl (C=O) groups excluding carboxylic acids is 1. The number of anilines is 1. The van der Waals surface area contributed by atoms with Gasteiger partial charge in [-0.1, -0.05) is 133 Å². The number of nitrogens with zero attached hydrogens (tertiary/aromatic N) is 1. The van der Waals surface area contributed by atoms with Crippen molar-refractivity contribution in [3.05, 3.63) is 174 Å². The van der Waals surface area contributed by atoms with Crippen molar-refractivity contribution in [2.24, 2.45) is 0 Å². The maximum absolute atomic E-state index is 15.7. The summed E-state index contributed by atoms with van der Waals surface area (Å²) >= 11 is 0. The average Bonchev–Trinajstić information content (AvgIpc) is 3.06. The molecule has 0 fully saturated rings. The Morgan fingerprint density at radius 2 is 1.12 bits per heavy atom. The smallest absolute Gasteiger partial charge is 0.187 e. The van der Waals surface area contributed by atoms with E-state index in [4.69, 9.17) is 0 Å². The van der Waals surface area contributed by atoms with Gasteiger partial charge in [-0.15, -0.1) is 0 Å². The summed E-state index contributed by atoms with van der Waals surface area (Å²) in [6.07, 6.45) is 6.10. The van der Waals surface area contributed by atoms with Crippen LogP contribution in [0.4, 0.5) is 5.69 Å². The van der Waals surface area contributed by atoms with Gasteiger partial charge in [0, 0.05) is 41.4 Å². The lowest BCUT2D eigenvalue weighted by molar-refractivity contribution is 0.104. The second-order valence-electron chi connectivity index (χ2n) is 10.8. The zero-order valence-electron chi connectivity index (χ0n) is 23.6. The minimum atomic E-state index is -2.94. The van der Waals surface area contributed by atoms with Gasteiger partial charge in [-0.3, -0.25) is 4.79 Å². The van der Waals surface area contributed by atoms with Crippen LogP contribution < -0.4 is 4.90 Å². The topological polar surface area (TPSA) is 37.4 Å². The van der Waals surface area contributed by atoms with Gasteiger partial charge in [0.05, 0.1) is 0 Å². The van der Waals surface area contributed by atoms with E-state index in [1.165, 1.54) is 11.1 Å². The van der Waals surface area contributed by atoms with Gasteiger partial charge in [0.2, 0.25) is 0 Å². The lowest BCUT2D eigenvalue weighted by Crippen LogP contribution is -2.30. The monoisotopic (exact) mass is 567 g/mol. The Hall–Kier alpha value is -4.46. The van der Waals surface area contributed by atoms with Crippen molar-refractivity contribution in [1.29, 1.82) is 0 Å². The third-order valence-electron chi connectivity index (χ3n) is 8.11. The van der Waals surface area contributed by atoms with Gasteiger partial charge in [-0.25, -0.2) is 0 Å². The molecule has 0 aliphatic carbocycles. The number of carbonyl (C=O) groups is 1. The molecule has 0 saturated carbocycles. The highest BCUT2D eigenvalue weighted by Gasteiger charge is 2.42. The molecule has 1 atom stereocenters. The van der Waals surface area contributed by atoms with Crippen LogP contribution in [0.2, 0.25) is 0 Å². The lowest BCUT2D eigenvalue weighted by atomic mass is 9.93. The van der Waals surface area contributed by atoms with Gasteiger partial charge in [0.1, 0.15) is 12.9 Å². The zero-order chi connectivity index (χ0) is 28.8. The summed E-state index contributed by atoms with van der Waals surface area (Å²) < 4.78 is 15.7. The van der Waals surface area contributed by atoms with Crippen LogP contribution in [-0.4, -0.2) is 18.1 Å². The highest BCUT2D eigenvalue weighted by Crippen LogP contribution is 2.65. The largest absolute Gasteiger partial charge is 0.333 e. The number of ketones is 1. The molecule has 1 heterocycles. The SMILES string of the molecule is O=C(/C=C/N1c2ccccc2-c2ccccc2C1P(=O)(CCc1ccccc1)CCc1ccccc1)c1ccccc1. The number of aryl methyl sites for hydroxylation is 2. The third kappa shape index (κ3) is 5.93. The molecule has 0 radical (unpaired) electrons. The molecule has 208 valence electrons. The summed E-state index contributed by atoms with van der Waals surface area (Å²) in [6.45, 7) is 0. The van der Waals surface area contributed by atoms with Gasteiger partial charge in [0.15, 0.2) is 5.78 Å². The Morgan fingerprint density at radius 3 is 1.74 bits per heavy atom. The van der Waals surface area contributed by atoms with Crippen LogP contribution in [0.5, 0.6) is 0 Å². The molecule has 6 rings (SSSR count). The summed E-state index contributed by atoms with van der Waals surface area (Å²) in [4.78, 5) is 15.4. The molecule has 0 amide bonds. The van der Waals surface area contributed by atoms with E-state index in [0.717, 1.165) is 35.2 Å². The summed E-state index contributed by atoms with van der Waals surface area (Å²) in [5.41, 5.74) is 7.21. The van der Waals surface area contributed by atoms with Gasteiger partial charge in [-0.05, 0) is 41.2 Å². The predicted molar refractivity (Wildman–Crippen MR) is 175 cm³/mol. The summed E-state index contributed by atoms with van der Waals surface area (Å²) in [6, 6.07) is 46.6. The van der Waals surface area contributed by atoms with Crippen molar-refractivity contribution in [1.82, 2.24) is 0 Å². The fourth-order valence-corrected chi connectivity index (χ4v) is 9.32. The Labute approximate surface area is 248 Å². The maximum Gasteiger partial charge on any atom is 0.187 e. The van der Waals surface area contributed by atoms with E-state index in [-0.39, 0.29) is 5.78 Å². The first-order valence-electron chi connectivity index (χ1n) is 14.5. The first kappa shape index (κ1) is 27.7. The third-order valence-corrected chi connectivity index (χ3v) is 11.5. The van der Waals surface area contributed by atoms with E-state index in [1.807, 2.05) is 91.1 Å². The van der Waals surface area contributed by atoms with Crippen LogP contribution in [0, 0.1) is 0 Å². The maximum atomic E-state index is 15.7. The highest BCUT2D eigenvalue weighted by atomic mass is 31.2. The molecular formula is C38H34NO2P. The van der Waals surface area contributed by atoms with Crippen LogP contribution in [0.1, 0.15) is 32.8 Å². The zero-order valence-corrected chi connectivity index (χ0v) is 24.4. The molecule has 0 spiro atoms. The van der Waals surface area contributed by atoms with Crippen LogP contribution in [-0.2, 0) is 17.4 Å². The number of benzene rings is 5. The summed E-state index contributed by atoms with van der Waals surface area (Å²) in [7, 11) is -2.94. The van der Waals surface area contributed by atoms with E-state index < -0.39 is 12.9 Å². The quantitative estimate of drug-likeness (QED) is 0.0958. The molecule has 1 unspecified atom stereocenters. The number of allylic oxidation sites excluding steroid dienone is 1. The molecule has 1 aliphatic heterocycles. The summed E-state index contributed by atoms with van der Waals surface area (Å²) in [5.74, 6) is -0.468. The van der Waals surface area contributed by atoms with Crippen molar-refractivity contribution >= 4 is 18.6 Å². The number of rotatable bonds is 10. The number of para-hydroxylation sites is 1. The standard InChI is InChI=1S/C38H34NO2P/c40-37(32-18-8-3-9-19-32)24-27-39-36-23-13-12-21-34(36)33-20-10-11-22-35(33)38(39)42(41,28-25-30-14-4-1-5-15-30)29-26-31-16-6-2-7-17-31/h1-24,27,38H,25-26,28-29H2/b27-24+. The minimum absolute atomic E-state index is 0.0749. The average molecular weight is 568 g/mol. The molecular weight excluding hydrogens is 533 g/mol. The number of fused-ring (bicyclic) bond motifs is 3. The molecule has 0 aromatic heterocycles. The Morgan fingerprint density at radius 1 is 0.619 bits per heavy atom. The van der Waals surface area contributed by atoms with Gasteiger partial charge >= 0.3 is 0 Å². The molecule has 0 bridgehead atoms. The molecule has 3 nitrogen and oxygen atoms in total. The van der Waals surface area contributed by atoms with Crippen LogP contribution >= 0.6 is 7.14 Å². The Kier molecular flexibility index (Phi) is 8.30. The predicted octanol–water partition coefficient (Wildman–Crippen LogP) is 9.42. The van der Waals surface area contributed by atoms with E-state index >= 15 is 4.57 Å². The minimum Gasteiger partial charge on any atom is -0.333 e.